The van der Waals surface area contributed by atoms with Crippen molar-refractivity contribution in [3.8, 4) is 0 Å². The Kier molecular flexibility index (Phi) is 9.90. The van der Waals surface area contributed by atoms with E-state index < -0.39 is 0 Å². The predicted octanol–water partition coefficient (Wildman–Crippen LogP) is 5.89. The molecule has 0 fully saturated rings. The van der Waals surface area contributed by atoms with E-state index in [0.717, 1.165) is 0 Å². The van der Waals surface area contributed by atoms with E-state index in [-0.39, 0.29) is 33.0 Å². The van der Waals surface area contributed by atoms with Crippen LogP contribution in [0, 0.1) is 69.2 Å². The average Bonchev–Trinajstić information content (AvgIpc) is 2.71. The van der Waals surface area contributed by atoms with Crippen LogP contribution in [0.5, 0.6) is 0 Å². The van der Waals surface area contributed by atoms with Crippen LogP contribution in [0.25, 0.3) is 0 Å². The van der Waals surface area contributed by atoms with Gasteiger partial charge in [-0.05, 0) is 0 Å². The summed E-state index contributed by atoms with van der Waals surface area (Å²) >= 11 is 0. The summed E-state index contributed by atoms with van der Waals surface area (Å²) in [5.41, 5.74) is 14.7. The topological polar surface area (TPSA) is 0 Å². The minimum atomic E-state index is 0. The molecule has 0 saturated carbocycles. The Bertz CT molecular complexity index is 408. The molecule has 0 saturated heterocycles. The first-order valence-electron chi connectivity index (χ1n) is 7.50. The first kappa shape index (κ1) is 23.9. The fraction of sp³-hybridized carbons (Fsp3) is 0.500. The first-order valence-corrected chi connectivity index (χ1v) is 7.50. The van der Waals surface area contributed by atoms with Gasteiger partial charge in [0.1, 0.15) is 0 Å². The van der Waals surface area contributed by atoms with E-state index in [9.17, 15) is 0 Å². The molecule has 0 nitrogen and oxygen atoms in total. The summed E-state index contributed by atoms with van der Waals surface area (Å²) in [6, 6.07) is 0. The molecule has 0 aliphatic heterocycles. The molecular formula is C20H30Ni2-2. The van der Waals surface area contributed by atoms with Crippen LogP contribution in [0.3, 0.4) is 0 Å². The van der Waals surface area contributed by atoms with Gasteiger partial charge in [0.15, 0.2) is 0 Å². The van der Waals surface area contributed by atoms with Crippen LogP contribution < -0.4 is 0 Å². The Morgan fingerprint density at radius 3 is 0.591 bits per heavy atom. The van der Waals surface area contributed by atoms with Crippen molar-refractivity contribution in [1.82, 2.24) is 0 Å². The summed E-state index contributed by atoms with van der Waals surface area (Å²) in [6.45, 7) is 22.0. The van der Waals surface area contributed by atoms with Crippen LogP contribution in [0.2, 0.25) is 0 Å². The van der Waals surface area contributed by atoms with E-state index in [0.29, 0.717) is 0 Å². The Hall–Kier alpha value is -0.313. The molecular weight excluding hydrogens is 358 g/mol. The molecule has 0 bridgehead atoms. The van der Waals surface area contributed by atoms with Crippen molar-refractivity contribution in [2.75, 3.05) is 0 Å². The van der Waals surface area contributed by atoms with Crippen LogP contribution >= 0.6 is 0 Å². The summed E-state index contributed by atoms with van der Waals surface area (Å²) < 4.78 is 0. The maximum Gasteiger partial charge on any atom is 0 e. The summed E-state index contributed by atoms with van der Waals surface area (Å²) in [5, 5.41) is 0. The molecule has 0 N–H and O–H groups in total. The molecule has 0 atom stereocenters. The maximum absolute atomic E-state index is 2.20. The molecule has 2 aromatic rings. The molecule has 0 radical (unpaired) electrons. The Morgan fingerprint density at radius 1 is 0.409 bits per heavy atom. The van der Waals surface area contributed by atoms with Crippen molar-refractivity contribution < 1.29 is 33.0 Å². The monoisotopic (exact) mass is 386 g/mol. The third kappa shape index (κ3) is 4.36. The molecule has 0 aromatic heterocycles. The van der Waals surface area contributed by atoms with Crippen LogP contribution in [0.1, 0.15) is 55.6 Å². The van der Waals surface area contributed by atoms with Gasteiger partial charge in [0.2, 0.25) is 0 Å². The molecule has 2 rings (SSSR count). The van der Waals surface area contributed by atoms with Gasteiger partial charge in [0.25, 0.3) is 0 Å². The second kappa shape index (κ2) is 9.10. The number of hydrogen-bond acceptors (Lipinski definition) is 0. The third-order valence-electron chi connectivity index (χ3n) is 5.62. The van der Waals surface area contributed by atoms with E-state index in [2.05, 4.69) is 69.2 Å². The first-order chi connectivity index (χ1) is 9.11. The Morgan fingerprint density at radius 2 is 0.545 bits per heavy atom. The van der Waals surface area contributed by atoms with Crippen molar-refractivity contribution in [3.63, 3.8) is 0 Å². The van der Waals surface area contributed by atoms with Gasteiger partial charge in [0.05, 0.1) is 0 Å². The molecule has 0 heterocycles. The van der Waals surface area contributed by atoms with E-state index in [1.807, 2.05) is 0 Å². The SMILES string of the molecule is Cc1c(C)c(C)[c-](C)c1C.Cc1c(C)c(C)[c-](C)c1C.[Ni].[Ni]. The van der Waals surface area contributed by atoms with E-state index in [1.165, 1.54) is 55.6 Å². The third-order valence-corrected chi connectivity index (χ3v) is 5.62. The van der Waals surface area contributed by atoms with Gasteiger partial charge in [0, 0.05) is 33.0 Å². The normalized spacial score (nSPS) is 9.55. The molecule has 0 aliphatic rings. The van der Waals surface area contributed by atoms with Gasteiger partial charge in [-0.15, -0.1) is 0 Å². The second-order valence-corrected chi connectivity index (χ2v) is 6.25. The number of hydrogen-bond donors (Lipinski definition) is 0. The van der Waals surface area contributed by atoms with Crippen molar-refractivity contribution in [1.29, 1.82) is 0 Å². The number of rotatable bonds is 0. The van der Waals surface area contributed by atoms with Gasteiger partial charge in [-0.1, -0.05) is 69.2 Å². The summed E-state index contributed by atoms with van der Waals surface area (Å²) in [6.07, 6.45) is 0. The van der Waals surface area contributed by atoms with Crippen molar-refractivity contribution >= 4 is 0 Å². The van der Waals surface area contributed by atoms with Gasteiger partial charge >= 0.3 is 0 Å². The van der Waals surface area contributed by atoms with Crippen LogP contribution in [0.15, 0.2) is 0 Å². The molecule has 22 heavy (non-hydrogen) atoms. The molecule has 2 heteroatoms. The minimum Gasteiger partial charge on any atom is -0.196 e. The van der Waals surface area contributed by atoms with Crippen molar-refractivity contribution in [2.45, 2.75) is 69.2 Å². The van der Waals surface area contributed by atoms with E-state index >= 15 is 0 Å². The van der Waals surface area contributed by atoms with Gasteiger partial charge in [-0.2, -0.15) is 55.6 Å². The van der Waals surface area contributed by atoms with Crippen molar-refractivity contribution in [3.05, 3.63) is 55.6 Å². The zero-order valence-electron chi connectivity index (χ0n) is 15.6. The van der Waals surface area contributed by atoms with Gasteiger partial charge < -0.3 is 0 Å². The van der Waals surface area contributed by atoms with Gasteiger partial charge in [-0.3, -0.25) is 0 Å². The van der Waals surface area contributed by atoms with Gasteiger partial charge in [-0.25, -0.2) is 0 Å². The zero-order valence-corrected chi connectivity index (χ0v) is 17.6. The van der Waals surface area contributed by atoms with Crippen molar-refractivity contribution in [2.24, 2.45) is 0 Å². The predicted molar refractivity (Wildman–Crippen MR) is 91.4 cm³/mol. The fourth-order valence-electron chi connectivity index (χ4n) is 2.81. The molecule has 0 spiro atoms. The Balaban J connectivity index is 0. The molecule has 0 aliphatic carbocycles. The summed E-state index contributed by atoms with van der Waals surface area (Å²) in [5.74, 6) is 0. The maximum atomic E-state index is 2.20. The molecule has 132 valence electrons. The van der Waals surface area contributed by atoms with Crippen LogP contribution in [-0.4, -0.2) is 0 Å². The standard InChI is InChI=1S/2C10H15.2Ni/c2*1-6-7(2)9(4)10(5)8(6)3;;/h2*1-5H3;;/q2*-1;;. The quantitative estimate of drug-likeness (QED) is 0.390. The zero-order chi connectivity index (χ0) is 15.8. The fourth-order valence-corrected chi connectivity index (χ4v) is 2.81. The Labute approximate surface area is 157 Å². The summed E-state index contributed by atoms with van der Waals surface area (Å²) in [4.78, 5) is 0. The molecule has 2 aromatic carbocycles. The van der Waals surface area contributed by atoms with E-state index in [4.69, 9.17) is 0 Å². The summed E-state index contributed by atoms with van der Waals surface area (Å²) in [7, 11) is 0. The second-order valence-electron chi connectivity index (χ2n) is 6.25. The smallest absolute Gasteiger partial charge is 0 e. The molecule has 0 amide bonds. The minimum absolute atomic E-state index is 0. The molecule has 0 unspecified atom stereocenters. The van der Waals surface area contributed by atoms with E-state index in [1.54, 1.807) is 0 Å². The van der Waals surface area contributed by atoms with Crippen LogP contribution in [0.4, 0.5) is 0 Å². The average molecular weight is 388 g/mol. The van der Waals surface area contributed by atoms with Crippen LogP contribution in [-0.2, 0) is 33.0 Å². The largest absolute Gasteiger partial charge is 0.196 e.